The lowest BCUT2D eigenvalue weighted by atomic mass is 10.0. The first kappa shape index (κ1) is 11.2. The van der Waals surface area contributed by atoms with Gasteiger partial charge in [0.15, 0.2) is 0 Å². The monoisotopic (exact) mass is 257 g/mol. The third kappa shape index (κ3) is 1.75. The minimum absolute atomic E-state index is 0.333. The largest absolute Gasteiger partial charge is 0.256 e. The zero-order chi connectivity index (χ0) is 12.5. The maximum absolute atomic E-state index is 14.0. The van der Waals surface area contributed by atoms with Gasteiger partial charge in [0, 0.05) is 22.7 Å². The van der Waals surface area contributed by atoms with Crippen LogP contribution in [0.5, 0.6) is 0 Å². The highest BCUT2D eigenvalue weighted by Gasteiger charge is 2.12. The molecule has 0 spiro atoms. The van der Waals surface area contributed by atoms with Crippen molar-refractivity contribution in [2.75, 3.05) is 0 Å². The third-order valence-corrected chi connectivity index (χ3v) is 3.18. The summed E-state index contributed by atoms with van der Waals surface area (Å²) in [6.07, 6.45) is 1.70. The summed E-state index contributed by atoms with van der Waals surface area (Å²) in [5.74, 6) is -0.333. The van der Waals surface area contributed by atoms with Gasteiger partial charge in [0.2, 0.25) is 0 Å². The lowest BCUT2D eigenvalue weighted by molar-refractivity contribution is 0.631. The van der Waals surface area contributed by atoms with E-state index in [0.29, 0.717) is 10.6 Å². The Morgan fingerprint density at radius 1 is 0.944 bits per heavy atom. The van der Waals surface area contributed by atoms with Gasteiger partial charge in [-0.05, 0) is 18.2 Å². The lowest BCUT2D eigenvalue weighted by Crippen LogP contribution is -1.89. The molecule has 0 N–H and O–H groups in total. The Bertz CT molecular complexity index is 699. The Morgan fingerprint density at radius 2 is 1.72 bits per heavy atom. The number of nitrogens with zero attached hydrogens (tertiary/aromatic N) is 1. The molecule has 3 aromatic rings. The fraction of sp³-hybridized carbons (Fsp3) is 0. The summed E-state index contributed by atoms with van der Waals surface area (Å²) in [6.45, 7) is 0. The molecule has 0 amide bonds. The molecular weight excluding hydrogens is 249 g/mol. The summed E-state index contributed by atoms with van der Waals surface area (Å²) < 4.78 is 14.0. The van der Waals surface area contributed by atoms with Crippen molar-refractivity contribution in [1.82, 2.24) is 4.98 Å². The van der Waals surface area contributed by atoms with E-state index in [4.69, 9.17) is 11.6 Å². The van der Waals surface area contributed by atoms with E-state index in [1.165, 1.54) is 6.07 Å². The molecule has 0 fully saturated rings. The minimum Gasteiger partial charge on any atom is -0.256 e. The zero-order valence-corrected chi connectivity index (χ0v) is 10.2. The van der Waals surface area contributed by atoms with Crippen molar-refractivity contribution in [3.05, 3.63) is 65.6 Å². The molecule has 0 atom stereocenters. The number of rotatable bonds is 1. The van der Waals surface area contributed by atoms with Gasteiger partial charge < -0.3 is 0 Å². The Kier molecular flexibility index (Phi) is 2.73. The average molecular weight is 258 g/mol. The molecule has 18 heavy (non-hydrogen) atoms. The standard InChI is InChI=1S/C15H9ClFN/c16-12-7-2-8-13(17)14(12)11-6-1-4-10-5-3-9-18-15(10)11/h1-9H. The SMILES string of the molecule is Fc1cccc(Cl)c1-c1cccc2cccnc12. The molecule has 0 bridgehead atoms. The van der Waals surface area contributed by atoms with Crippen LogP contribution < -0.4 is 0 Å². The van der Waals surface area contributed by atoms with Gasteiger partial charge in [-0.25, -0.2) is 4.39 Å². The van der Waals surface area contributed by atoms with Gasteiger partial charge in [-0.1, -0.05) is 41.9 Å². The summed E-state index contributed by atoms with van der Waals surface area (Å²) in [6, 6.07) is 14.1. The highest BCUT2D eigenvalue weighted by Crippen LogP contribution is 2.34. The predicted molar refractivity (Wildman–Crippen MR) is 72.1 cm³/mol. The van der Waals surface area contributed by atoms with E-state index in [9.17, 15) is 4.39 Å². The highest BCUT2D eigenvalue weighted by atomic mass is 35.5. The summed E-state index contributed by atoms with van der Waals surface area (Å²) in [5.41, 5.74) is 1.88. The van der Waals surface area contributed by atoms with Crippen LogP contribution in [-0.4, -0.2) is 4.98 Å². The molecule has 0 saturated heterocycles. The zero-order valence-electron chi connectivity index (χ0n) is 9.40. The van der Waals surface area contributed by atoms with E-state index in [2.05, 4.69) is 4.98 Å². The summed E-state index contributed by atoms with van der Waals surface area (Å²) in [5, 5.41) is 1.36. The quantitative estimate of drug-likeness (QED) is 0.616. The first-order chi connectivity index (χ1) is 8.77. The third-order valence-electron chi connectivity index (χ3n) is 2.86. The molecule has 0 aliphatic heterocycles. The van der Waals surface area contributed by atoms with Gasteiger partial charge in [-0.3, -0.25) is 4.98 Å². The second kappa shape index (κ2) is 4.39. The predicted octanol–water partition coefficient (Wildman–Crippen LogP) is 4.69. The summed E-state index contributed by atoms with van der Waals surface area (Å²) >= 11 is 6.10. The van der Waals surface area contributed by atoms with Crippen molar-refractivity contribution in [2.45, 2.75) is 0 Å². The number of hydrogen-bond donors (Lipinski definition) is 0. The van der Waals surface area contributed by atoms with Crippen LogP contribution in [0.1, 0.15) is 0 Å². The molecule has 1 heterocycles. The Hall–Kier alpha value is -1.93. The van der Waals surface area contributed by atoms with Crippen LogP contribution in [0.25, 0.3) is 22.0 Å². The molecule has 3 rings (SSSR count). The number of benzene rings is 2. The first-order valence-corrected chi connectivity index (χ1v) is 5.93. The number of pyridine rings is 1. The van der Waals surface area contributed by atoms with Crippen LogP contribution in [-0.2, 0) is 0 Å². The van der Waals surface area contributed by atoms with Crippen LogP contribution in [0, 0.1) is 5.82 Å². The maximum Gasteiger partial charge on any atom is 0.132 e. The van der Waals surface area contributed by atoms with Gasteiger partial charge >= 0.3 is 0 Å². The molecule has 0 aliphatic carbocycles. The van der Waals surface area contributed by atoms with Crippen molar-refractivity contribution >= 4 is 22.5 Å². The molecule has 2 aromatic carbocycles. The molecule has 88 valence electrons. The van der Waals surface area contributed by atoms with E-state index in [1.54, 1.807) is 18.3 Å². The van der Waals surface area contributed by atoms with Crippen molar-refractivity contribution in [3.8, 4) is 11.1 Å². The molecule has 1 aromatic heterocycles. The van der Waals surface area contributed by atoms with Gasteiger partial charge in [0.1, 0.15) is 5.82 Å². The molecule has 1 nitrogen and oxygen atoms in total. The van der Waals surface area contributed by atoms with Crippen molar-refractivity contribution in [3.63, 3.8) is 0 Å². The van der Waals surface area contributed by atoms with Crippen molar-refractivity contribution in [2.24, 2.45) is 0 Å². The van der Waals surface area contributed by atoms with Crippen LogP contribution in [0.2, 0.25) is 5.02 Å². The second-order valence-electron chi connectivity index (χ2n) is 3.98. The maximum atomic E-state index is 14.0. The molecule has 0 aliphatic rings. The van der Waals surface area contributed by atoms with Gasteiger partial charge in [0.25, 0.3) is 0 Å². The molecule has 3 heteroatoms. The van der Waals surface area contributed by atoms with Gasteiger partial charge in [-0.15, -0.1) is 0 Å². The van der Waals surface area contributed by atoms with E-state index >= 15 is 0 Å². The highest BCUT2D eigenvalue weighted by molar-refractivity contribution is 6.33. The fourth-order valence-electron chi connectivity index (χ4n) is 2.06. The van der Waals surface area contributed by atoms with E-state index in [0.717, 1.165) is 16.5 Å². The molecule has 0 radical (unpaired) electrons. The smallest absolute Gasteiger partial charge is 0.132 e. The normalized spacial score (nSPS) is 10.8. The number of halogens is 2. The Balaban J connectivity index is 2.39. The minimum atomic E-state index is -0.333. The second-order valence-corrected chi connectivity index (χ2v) is 4.38. The van der Waals surface area contributed by atoms with E-state index in [1.807, 2.05) is 30.3 Å². The van der Waals surface area contributed by atoms with Crippen LogP contribution in [0.4, 0.5) is 4.39 Å². The molecule has 0 unspecified atom stereocenters. The molecule has 0 saturated carbocycles. The lowest BCUT2D eigenvalue weighted by Gasteiger charge is -2.08. The number of fused-ring (bicyclic) bond motifs is 1. The number of hydrogen-bond acceptors (Lipinski definition) is 1. The van der Waals surface area contributed by atoms with E-state index < -0.39 is 0 Å². The van der Waals surface area contributed by atoms with E-state index in [-0.39, 0.29) is 5.82 Å². The summed E-state index contributed by atoms with van der Waals surface area (Å²) in [4.78, 5) is 4.31. The average Bonchev–Trinajstić information content (AvgIpc) is 2.39. The van der Waals surface area contributed by atoms with Crippen LogP contribution in [0.3, 0.4) is 0 Å². The van der Waals surface area contributed by atoms with Gasteiger partial charge in [0.05, 0.1) is 10.5 Å². The Labute approximate surface area is 109 Å². The first-order valence-electron chi connectivity index (χ1n) is 5.55. The van der Waals surface area contributed by atoms with Crippen LogP contribution >= 0.6 is 11.6 Å². The van der Waals surface area contributed by atoms with Gasteiger partial charge in [-0.2, -0.15) is 0 Å². The van der Waals surface area contributed by atoms with Crippen LogP contribution in [0.15, 0.2) is 54.7 Å². The van der Waals surface area contributed by atoms with Crippen molar-refractivity contribution in [1.29, 1.82) is 0 Å². The molecular formula is C15H9ClFN. The van der Waals surface area contributed by atoms with Crippen molar-refractivity contribution < 1.29 is 4.39 Å². The number of aromatic nitrogens is 1. The number of para-hydroxylation sites is 1. The fourth-order valence-corrected chi connectivity index (χ4v) is 2.33. The Morgan fingerprint density at radius 3 is 2.56 bits per heavy atom. The summed E-state index contributed by atoms with van der Waals surface area (Å²) in [7, 11) is 0. The topological polar surface area (TPSA) is 12.9 Å².